The van der Waals surface area contributed by atoms with E-state index in [2.05, 4.69) is 5.32 Å². The van der Waals surface area contributed by atoms with Gasteiger partial charge in [-0.05, 0) is 24.3 Å². The fourth-order valence-electron chi connectivity index (χ4n) is 1.43. The highest BCUT2D eigenvalue weighted by molar-refractivity contribution is 7.94. The average Bonchev–Trinajstić information content (AvgIpc) is 2.50. The first-order valence-corrected chi connectivity index (χ1v) is 6.20. The third-order valence-electron chi connectivity index (χ3n) is 2.13. The second kappa shape index (κ2) is 3.66. The van der Waals surface area contributed by atoms with Crippen molar-refractivity contribution in [2.45, 2.75) is 6.04 Å². The molecule has 5 heteroatoms. The smallest absolute Gasteiger partial charge is 0.173 e. The van der Waals surface area contributed by atoms with Gasteiger partial charge in [-0.25, -0.2) is 12.8 Å². The molecular formula is C10H10FNO2S. The van der Waals surface area contributed by atoms with Crippen molar-refractivity contribution >= 4 is 15.5 Å². The molecule has 2 rings (SSSR count). The summed E-state index contributed by atoms with van der Waals surface area (Å²) < 4.78 is 34.8. The first kappa shape index (κ1) is 10.2. The molecule has 80 valence electrons. The molecule has 3 nitrogen and oxygen atoms in total. The van der Waals surface area contributed by atoms with Crippen LogP contribution in [0.3, 0.4) is 0 Å². The van der Waals surface area contributed by atoms with E-state index in [1.165, 1.54) is 17.5 Å². The van der Waals surface area contributed by atoms with Crippen LogP contribution in [0.2, 0.25) is 0 Å². The lowest BCUT2D eigenvalue weighted by Crippen LogP contribution is -2.20. The predicted molar refractivity (Wildman–Crippen MR) is 56.7 cm³/mol. The van der Waals surface area contributed by atoms with E-state index in [9.17, 15) is 12.8 Å². The molecular weight excluding hydrogens is 217 g/mol. The fraction of sp³-hybridized carbons (Fsp3) is 0.200. The zero-order valence-electron chi connectivity index (χ0n) is 7.85. The maximum absolute atomic E-state index is 12.6. The lowest BCUT2D eigenvalue weighted by Gasteiger charge is -2.10. The number of halogens is 1. The molecule has 0 aromatic heterocycles. The Hall–Kier alpha value is -1.36. The van der Waals surface area contributed by atoms with Crippen molar-refractivity contribution in [1.29, 1.82) is 0 Å². The first-order valence-electron chi connectivity index (χ1n) is 4.48. The third-order valence-corrected chi connectivity index (χ3v) is 3.52. The molecule has 0 spiro atoms. The summed E-state index contributed by atoms with van der Waals surface area (Å²) in [6.45, 7) is 0. The summed E-state index contributed by atoms with van der Waals surface area (Å²) in [5.74, 6) is -0.250. The van der Waals surface area contributed by atoms with Gasteiger partial charge in [0.25, 0.3) is 0 Å². The van der Waals surface area contributed by atoms with E-state index < -0.39 is 9.84 Å². The topological polar surface area (TPSA) is 46.2 Å². The minimum atomic E-state index is -3.04. The van der Waals surface area contributed by atoms with Crippen molar-refractivity contribution < 1.29 is 12.8 Å². The molecule has 0 unspecified atom stereocenters. The highest BCUT2D eigenvalue weighted by atomic mass is 32.2. The molecule has 0 saturated carbocycles. The number of nitrogens with one attached hydrogen (secondary N) is 1. The highest BCUT2D eigenvalue weighted by Gasteiger charge is 2.21. The average molecular weight is 227 g/mol. The molecule has 0 aliphatic carbocycles. The number of rotatable bonds is 2. The number of hydrogen-bond acceptors (Lipinski definition) is 3. The Kier molecular flexibility index (Phi) is 2.48. The van der Waals surface area contributed by atoms with E-state index in [-0.39, 0.29) is 17.6 Å². The fourth-order valence-corrected chi connectivity index (χ4v) is 2.66. The largest absolute Gasteiger partial charge is 0.378 e. The van der Waals surface area contributed by atoms with Crippen LogP contribution in [0, 0.1) is 5.82 Å². The first-order chi connectivity index (χ1) is 7.05. The van der Waals surface area contributed by atoms with Gasteiger partial charge in [0.2, 0.25) is 0 Å². The van der Waals surface area contributed by atoms with E-state index in [4.69, 9.17) is 0 Å². The van der Waals surface area contributed by atoms with Crippen molar-refractivity contribution in [3.63, 3.8) is 0 Å². The van der Waals surface area contributed by atoms with Crippen LogP contribution in [-0.2, 0) is 9.84 Å². The predicted octanol–water partition coefficient (Wildman–Crippen LogP) is 1.55. The maximum atomic E-state index is 12.6. The van der Waals surface area contributed by atoms with Gasteiger partial charge >= 0.3 is 0 Å². The van der Waals surface area contributed by atoms with Gasteiger partial charge in [0.15, 0.2) is 9.84 Å². The van der Waals surface area contributed by atoms with E-state index >= 15 is 0 Å². The summed E-state index contributed by atoms with van der Waals surface area (Å²) in [7, 11) is -3.04. The Bertz CT molecular complexity index is 479. The summed E-state index contributed by atoms with van der Waals surface area (Å²) >= 11 is 0. The van der Waals surface area contributed by atoms with E-state index in [0.29, 0.717) is 5.69 Å². The van der Waals surface area contributed by atoms with Crippen LogP contribution in [0.15, 0.2) is 35.7 Å². The van der Waals surface area contributed by atoms with Crippen molar-refractivity contribution in [2.75, 3.05) is 11.1 Å². The van der Waals surface area contributed by atoms with Crippen LogP contribution < -0.4 is 5.32 Å². The molecule has 1 N–H and O–H groups in total. The standard InChI is InChI=1S/C10H10FNO2S/c11-8-1-3-9(4-2-8)12-10-5-6-15(13,14)7-10/h1-6,10,12H,7H2/t10-/m0/s1. The molecule has 1 aliphatic rings. The molecule has 0 bridgehead atoms. The Morgan fingerprint density at radius 1 is 1.27 bits per heavy atom. The van der Waals surface area contributed by atoms with Gasteiger partial charge in [0.1, 0.15) is 5.82 Å². The van der Waals surface area contributed by atoms with Crippen LogP contribution in [0.5, 0.6) is 0 Å². The van der Waals surface area contributed by atoms with E-state index in [1.807, 2.05) is 0 Å². The van der Waals surface area contributed by atoms with E-state index in [1.54, 1.807) is 18.2 Å². The van der Waals surface area contributed by atoms with Crippen LogP contribution in [0.4, 0.5) is 10.1 Å². The van der Waals surface area contributed by atoms with Crippen LogP contribution in [0.1, 0.15) is 0 Å². The summed E-state index contributed by atoms with van der Waals surface area (Å²) in [4.78, 5) is 0. The van der Waals surface area contributed by atoms with Gasteiger partial charge in [-0.3, -0.25) is 0 Å². The SMILES string of the molecule is O=S1(=O)C=C[C@H](Nc2ccc(F)cc2)C1. The third kappa shape index (κ3) is 2.56. The Morgan fingerprint density at radius 2 is 1.93 bits per heavy atom. The minimum absolute atomic E-state index is 0.0599. The monoisotopic (exact) mass is 227 g/mol. The number of hydrogen-bond donors (Lipinski definition) is 1. The molecule has 1 aromatic rings. The Labute approximate surface area is 87.5 Å². The van der Waals surface area contributed by atoms with Gasteiger partial charge in [0.05, 0.1) is 11.8 Å². The molecule has 1 heterocycles. The number of benzene rings is 1. The normalized spacial score (nSPS) is 22.9. The highest BCUT2D eigenvalue weighted by Crippen LogP contribution is 2.15. The molecule has 0 radical (unpaired) electrons. The second-order valence-corrected chi connectivity index (χ2v) is 5.35. The maximum Gasteiger partial charge on any atom is 0.173 e. The number of anilines is 1. The quantitative estimate of drug-likeness (QED) is 0.833. The second-order valence-electron chi connectivity index (χ2n) is 3.42. The van der Waals surface area contributed by atoms with Crippen LogP contribution in [-0.4, -0.2) is 20.2 Å². The summed E-state index contributed by atoms with van der Waals surface area (Å²) in [6.07, 6.45) is 1.60. The zero-order chi connectivity index (χ0) is 10.9. The molecule has 0 fully saturated rings. The van der Waals surface area contributed by atoms with Gasteiger partial charge in [-0.2, -0.15) is 0 Å². The van der Waals surface area contributed by atoms with Gasteiger partial charge in [0, 0.05) is 11.1 Å². The molecule has 15 heavy (non-hydrogen) atoms. The lowest BCUT2D eigenvalue weighted by molar-refractivity contribution is 0.605. The van der Waals surface area contributed by atoms with Crippen molar-refractivity contribution in [3.8, 4) is 0 Å². The molecule has 1 aromatic carbocycles. The molecule has 1 atom stereocenters. The Morgan fingerprint density at radius 3 is 2.47 bits per heavy atom. The van der Waals surface area contributed by atoms with Crippen molar-refractivity contribution in [1.82, 2.24) is 0 Å². The summed E-state index contributed by atoms with van der Waals surface area (Å²) in [5.41, 5.74) is 0.711. The van der Waals surface area contributed by atoms with Gasteiger partial charge in [-0.15, -0.1) is 0 Å². The minimum Gasteiger partial charge on any atom is -0.378 e. The van der Waals surface area contributed by atoms with Gasteiger partial charge < -0.3 is 5.32 Å². The lowest BCUT2D eigenvalue weighted by atomic mass is 10.2. The van der Waals surface area contributed by atoms with Crippen LogP contribution in [0.25, 0.3) is 0 Å². The van der Waals surface area contributed by atoms with E-state index in [0.717, 1.165) is 0 Å². The zero-order valence-corrected chi connectivity index (χ0v) is 8.67. The molecule has 0 saturated heterocycles. The number of sulfone groups is 1. The van der Waals surface area contributed by atoms with Crippen molar-refractivity contribution in [2.24, 2.45) is 0 Å². The van der Waals surface area contributed by atoms with Crippen molar-refractivity contribution in [3.05, 3.63) is 41.6 Å². The van der Waals surface area contributed by atoms with Gasteiger partial charge in [-0.1, -0.05) is 6.08 Å². The van der Waals surface area contributed by atoms with Crippen LogP contribution >= 0.6 is 0 Å². The summed E-state index contributed by atoms with van der Waals surface area (Å²) in [6, 6.07) is 5.59. The Balaban J connectivity index is 2.05. The molecule has 0 amide bonds. The molecule has 1 aliphatic heterocycles. The summed E-state index contributed by atoms with van der Waals surface area (Å²) in [5, 5.41) is 4.19.